The molecule has 0 N–H and O–H groups in total. The molecule has 0 aliphatic rings. The van der Waals surface area contributed by atoms with Crippen LogP contribution in [0.2, 0.25) is 0 Å². The number of rotatable bonds is 10. The molecule has 0 spiro atoms. The first kappa shape index (κ1) is 16.7. The third-order valence-corrected chi connectivity index (χ3v) is 3.03. The second-order valence-corrected chi connectivity index (χ2v) is 4.68. The minimum absolute atomic E-state index is 0.425. The van der Waals surface area contributed by atoms with E-state index in [1.54, 1.807) is 48.5 Å². The normalized spacial score (nSPS) is 10.1. The highest BCUT2D eigenvalue weighted by atomic mass is 16.5. The summed E-state index contributed by atoms with van der Waals surface area (Å²) >= 11 is 0. The molecule has 0 unspecified atom stereocenters. The first-order chi connectivity index (χ1) is 11.3. The highest BCUT2D eigenvalue weighted by Crippen LogP contribution is 2.11. The second-order valence-electron chi connectivity index (χ2n) is 4.68. The molecule has 2 aromatic rings. The Morgan fingerprint density at radius 3 is 1.35 bits per heavy atom. The van der Waals surface area contributed by atoms with Crippen molar-refractivity contribution in [2.24, 2.45) is 0 Å². The molecule has 2 aromatic carbocycles. The van der Waals surface area contributed by atoms with Gasteiger partial charge in [0.15, 0.2) is 0 Å². The van der Waals surface area contributed by atoms with E-state index in [2.05, 4.69) is 0 Å². The van der Waals surface area contributed by atoms with Gasteiger partial charge in [0.05, 0.1) is 13.2 Å². The Morgan fingerprint density at radius 1 is 0.609 bits per heavy atom. The lowest BCUT2D eigenvalue weighted by molar-refractivity contribution is 0.0764. The molecule has 0 radical (unpaired) electrons. The van der Waals surface area contributed by atoms with E-state index in [-0.39, 0.29) is 0 Å². The van der Waals surface area contributed by atoms with Crippen LogP contribution in [0.1, 0.15) is 20.7 Å². The van der Waals surface area contributed by atoms with E-state index in [4.69, 9.17) is 14.2 Å². The van der Waals surface area contributed by atoms with Gasteiger partial charge in [0.2, 0.25) is 0 Å². The third kappa shape index (κ3) is 5.92. The van der Waals surface area contributed by atoms with E-state index in [0.717, 1.165) is 12.6 Å². The Labute approximate surface area is 134 Å². The van der Waals surface area contributed by atoms with Crippen molar-refractivity contribution in [2.75, 3.05) is 26.4 Å². The van der Waals surface area contributed by atoms with Crippen molar-refractivity contribution < 1.29 is 23.8 Å². The summed E-state index contributed by atoms with van der Waals surface area (Å²) in [6.45, 7) is 1.74. The molecular formula is C18H18O5. The Hall–Kier alpha value is -2.66. The summed E-state index contributed by atoms with van der Waals surface area (Å²) in [6, 6.07) is 13.8. The molecule has 0 aliphatic carbocycles. The minimum atomic E-state index is 0.425. The zero-order valence-corrected chi connectivity index (χ0v) is 12.6. The largest absolute Gasteiger partial charge is 0.491 e. The summed E-state index contributed by atoms with van der Waals surface area (Å²) in [4.78, 5) is 21.0. The molecule has 0 amide bonds. The maximum atomic E-state index is 10.5. The quantitative estimate of drug-likeness (QED) is 0.498. The summed E-state index contributed by atoms with van der Waals surface area (Å²) in [5.74, 6) is 1.40. The molecule has 0 atom stereocenters. The van der Waals surface area contributed by atoms with Gasteiger partial charge in [-0.1, -0.05) is 0 Å². The standard InChI is InChI=1S/C18H18O5/c19-13-15-1-5-17(6-2-15)22-11-9-21-10-12-23-18-7-3-16(14-20)4-8-18/h1-8,13-14H,9-12H2. The molecule has 5 nitrogen and oxygen atoms in total. The van der Waals surface area contributed by atoms with Gasteiger partial charge < -0.3 is 14.2 Å². The average molecular weight is 314 g/mol. The third-order valence-electron chi connectivity index (χ3n) is 3.03. The van der Waals surface area contributed by atoms with Crippen molar-refractivity contribution in [3.05, 3.63) is 59.7 Å². The number of hydrogen-bond donors (Lipinski definition) is 0. The van der Waals surface area contributed by atoms with Crippen molar-refractivity contribution in [1.82, 2.24) is 0 Å². The van der Waals surface area contributed by atoms with Gasteiger partial charge in [-0.05, 0) is 48.5 Å². The maximum absolute atomic E-state index is 10.5. The number of aldehydes is 2. The van der Waals surface area contributed by atoms with Crippen molar-refractivity contribution in [3.63, 3.8) is 0 Å². The van der Waals surface area contributed by atoms with Crippen LogP contribution in [0, 0.1) is 0 Å². The summed E-state index contributed by atoms with van der Waals surface area (Å²) in [5, 5.41) is 0. The van der Waals surface area contributed by atoms with E-state index in [0.29, 0.717) is 49.1 Å². The van der Waals surface area contributed by atoms with Crippen LogP contribution < -0.4 is 9.47 Å². The molecular weight excluding hydrogens is 296 g/mol. The van der Waals surface area contributed by atoms with Gasteiger partial charge in [0, 0.05) is 11.1 Å². The first-order valence-electron chi connectivity index (χ1n) is 7.25. The molecule has 0 aliphatic heterocycles. The lowest BCUT2D eigenvalue weighted by atomic mass is 10.2. The lowest BCUT2D eigenvalue weighted by Gasteiger charge is -2.08. The molecule has 0 heterocycles. The van der Waals surface area contributed by atoms with Gasteiger partial charge in [-0.3, -0.25) is 9.59 Å². The molecule has 0 fully saturated rings. The van der Waals surface area contributed by atoms with Gasteiger partial charge in [-0.25, -0.2) is 0 Å². The fourth-order valence-corrected chi connectivity index (χ4v) is 1.82. The Kier molecular flexibility index (Phi) is 6.81. The van der Waals surface area contributed by atoms with Crippen molar-refractivity contribution in [3.8, 4) is 11.5 Å². The Balaban J connectivity index is 1.54. The predicted molar refractivity (Wildman–Crippen MR) is 85.5 cm³/mol. The summed E-state index contributed by atoms with van der Waals surface area (Å²) in [6.07, 6.45) is 1.58. The molecule has 0 aromatic heterocycles. The molecule has 120 valence electrons. The molecule has 0 saturated carbocycles. The van der Waals surface area contributed by atoms with Crippen LogP contribution >= 0.6 is 0 Å². The highest BCUT2D eigenvalue weighted by molar-refractivity contribution is 5.75. The molecule has 0 saturated heterocycles. The van der Waals surface area contributed by atoms with Gasteiger partial charge in [0.25, 0.3) is 0 Å². The second kappa shape index (κ2) is 9.38. The number of ether oxygens (including phenoxy) is 3. The van der Waals surface area contributed by atoms with E-state index in [9.17, 15) is 9.59 Å². The number of carbonyl (C=O) groups is 2. The van der Waals surface area contributed by atoms with E-state index < -0.39 is 0 Å². The summed E-state index contributed by atoms with van der Waals surface area (Å²) in [7, 11) is 0. The fraction of sp³-hybridized carbons (Fsp3) is 0.222. The number of carbonyl (C=O) groups excluding carboxylic acids is 2. The van der Waals surface area contributed by atoms with Crippen LogP contribution in [0.25, 0.3) is 0 Å². The number of hydrogen-bond acceptors (Lipinski definition) is 5. The summed E-state index contributed by atoms with van der Waals surface area (Å²) < 4.78 is 16.4. The highest BCUT2D eigenvalue weighted by Gasteiger charge is 1.97. The fourth-order valence-electron chi connectivity index (χ4n) is 1.82. The monoisotopic (exact) mass is 314 g/mol. The average Bonchev–Trinajstić information content (AvgIpc) is 2.62. The Bertz CT molecular complexity index is 549. The molecule has 5 heteroatoms. The van der Waals surface area contributed by atoms with E-state index >= 15 is 0 Å². The van der Waals surface area contributed by atoms with Gasteiger partial charge in [-0.15, -0.1) is 0 Å². The van der Waals surface area contributed by atoms with Crippen LogP contribution in [0.3, 0.4) is 0 Å². The SMILES string of the molecule is O=Cc1ccc(OCCOCCOc2ccc(C=O)cc2)cc1. The van der Waals surface area contributed by atoms with Crippen molar-refractivity contribution in [1.29, 1.82) is 0 Å². The van der Waals surface area contributed by atoms with Crippen LogP contribution in [0.4, 0.5) is 0 Å². The predicted octanol–water partition coefficient (Wildman–Crippen LogP) is 2.79. The lowest BCUT2D eigenvalue weighted by Crippen LogP contribution is -2.12. The van der Waals surface area contributed by atoms with Crippen molar-refractivity contribution in [2.45, 2.75) is 0 Å². The zero-order chi connectivity index (χ0) is 16.3. The Morgan fingerprint density at radius 2 is 1.00 bits per heavy atom. The maximum Gasteiger partial charge on any atom is 0.150 e. The van der Waals surface area contributed by atoms with Crippen molar-refractivity contribution >= 4 is 12.6 Å². The molecule has 23 heavy (non-hydrogen) atoms. The van der Waals surface area contributed by atoms with Crippen LogP contribution in [-0.4, -0.2) is 39.0 Å². The van der Waals surface area contributed by atoms with Crippen LogP contribution in [0.15, 0.2) is 48.5 Å². The van der Waals surface area contributed by atoms with E-state index in [1.807, 2.05) is 0 Å². The van der Waals surface area contributed by atoms with Gasteiger partial charge in [0.1, 0.15) is 37.3 Å². The van der Waals surface area contributed by atoms with Gasteiger partial charge in [-0.2, -0.15) is 0 Å². The van der Waals surface area contributed by atoms with Crippen LogP contribution in [0.5, 0.6) is 11.5 Å². The topological polar surface area (TPSA) is 61.8 Å². The minimum Gasteiger partial charge on any atom is -0.491 e. The smallest absolute Gasteiger partial charge is 0.150 e. The molecule has 0 bridgehead atoms. The van der Waals surface area contributed by atoms with E-state index in [1.165, 1.54) is 0 Å². The van der Waals surface area contributed by atoms with Gasteiger partial charge >= 0.3 is 0 Å². The first-order valence-corrected chi connectivity index (χ1v) is 7.25. The zero-order valence-electron chi connectivity index (χ0n) is 12.6. The summed E-state index contributed by atoms with van der Waals surface area (Å²) in [5.41, 5.74) is 1.24. The van der Waals surface area contributed by atoms with Crippen LogP contribution in [-0.2, 0) is 4.74 Å². The molecule has 2 rings (SSSR count). The number of benzene rings is 2.